The Morgan fingerprint density at radius 2 is 1.91 bits per heavy atom. The maximum Gasteiger partial charge on any atom is 0.336 e. The number of aryl methyl sites for hydroxylation is 2. The molecule has 0 aliphatic rings. The number of carbonyl (C=O) groups is 3. The van der Waals surface area contributed by atoms with Crippen LogP contribution in [0.2, 0.25) is 0 Å². The average molecular weight is 461 g/mol. The maximum absolute atomic E-state index is 12.1. The van der Waals surface area contributed by atoms with Crippen LogP contribution in [-0.4, -0.2) is 42.1 Å². The third-order valence-electron chi connectivity index (χ3n) is 5.60. The van der Waals surface area contributed by atoms with E-state index in [1.807, 2.05) is 6.92 Å². The van der Waals surface area contributed by atoms with Crippen LogP contribution < -0.4 is 21.0 Å². The fourth-order valence-electron chi connectivity index (χ4n) is 3.42. The normalized spacial score (nSPS) is 12.7. The number of hydrogen-bond donors (Lipinski definition) is 3. The summed E-state index contributed by atoms with van der Waals surface area (Å²) in [5.74, 6) is -2.12. The molecule has 0 aliphatic carbocycles. The Morgan fingerprint density at radius 3 is 2.55 bits per heavy atom. The van der Waals surface area contributed by atoms with E-state index in [1.54, 1.807) is 26.0 Å². The third-order valence-corrected chi connectivity index (χ3v) is 5.60. The van der Waals surface area contributed by atoms with Crippen molar-refractivity contribution in [2.75, 3.05) is 13.2 Å². The Labute approximate surface area is 192 Å². The minimum Gasteiger partial charge on any atom is -0.483 e. The summed E-state index contributed by atoms with van der Waals surface area (Å²) in [7, 11) is 0. The Hall–Kier alpha value is -3.36. The number of aliphatic carboxylic acids is 1. The van der Waals surface area contributed by atoms with Crippen LogP contribution in [0.15, 0.2) is 27.4 Å². The van der Waals surface area contributed by atoms with Crippen LogP contribution in [0.4, 0.5) is 0 Å². The molecule has 2 atom stereocenters. The third kappa shape index (κ3) is 7.06. The topological polar surface area (TPSA) is 135 Å². The molecule has 0 unspecified atom stereocenters. The SMILES string of the molecule is CCCCc1cc(=O)oc2c(C)c(OCC(=O)NCC(=O)N[C@@H](C(=O)O)[C@H](C)CC)ccc12. The molecule has 2 aromatic rings. The van der Waals surface area contributed by atoms with Gasteiger partial charge in [-0.2, -0.15) is 0 Å². The molecule has 0 saturated carbocycles. The van der Waals surface area contributed by atoms with Gasteiger partial charge in [-0.1, -0.05) is 33.6 Å². The van der Waals surface area contributed by atoms with Gasteiger partial charge in [0.15, 0.2) is 6.61 Å². The summed E-state index contributed by atoms with van der Waals surface area (Å²) in [5, 5.41) is 14.9. The lowest BCUT2D eigenvalue weighted by Crippen LogP contribution is -2.48. The minimum absolute atomic E-state index is 0.246. The molecule has 3 N–H and O–H groups in total. The summed E-state index contributed by atoms with van der Waals surface area (Å²) in [6.07, 6.45) is 3.31. The van der Waals surface area contributed by atoms with Crippen LogP contribution in [-0.2, 0) is 20.8 Å². The number of carboxylic acid groups (broad SMARTS) is 1. The van der Waals surface area contributed by atoms with Crippen molar-refractivity contribution in [3.8, 4) is 5.75 Å². The van der Waals surface area contributed by atoms with Gasteiger partial charge in [-0.15, -0.1) is 0 Å². The van der Waals surface area contributed by atoms with Crippen LogP contribution in [0.25, 0.3) is 11.0 Å². The van der Waals surface area contributed by atoms with Crippen molar-refractivity contribution >= 4 is 28.8 Å². The number of unbranched alkanes of at least 4 members (excludes halogenated alkanes) is 1. The number of fused-ring (bicyclic) bond motifs is 1. The highest BCUT2D eigenvalue weighted by Crippen LogP contribution is 2.29. The average Bonchev–Trinajstić information content (AvgIpc) is 2.78. The summed E-state index contributed by atoms with van der Waals surface area (Å²) >= 11 is 0. The zero-order valence-corrected chi connectivity index (χ0v) is 19.5. The number of carbonyl (C=O) groups excluding carboxylic acids is 2. The Kier molecular flexibility index (Phi) is 9.44. The van der Waals surface area contributed by atoms with Gasteiger partial charge in [0.1, 0.15) is 17.4 Å². The van der Waals surface area contributed by atoms with Gasteiger partial charge < -0.3 is 24.9 Å². The van der Waals surface area contributed by atoms with Crippen LogP contribution in [0, 0.1) is 12.8 Å². The molecule has 0 bridgehead atoms. The van der Waals surface area contributed by atoms with Crippen molar-refractivity contribution in [2.45, 2.75) is 59.4 Å². The van der Waals surface area contributed by atoms with Gasteiger partial charge in [-0.25, -0.2) is 9.59 Å². The Bertz CT molecular complexity index is 1060. The molecule has 0 aliphatic heterocycles. The Balaban J connectivity index is 1.99. The van der Waals surface area contributed by atoms with E-state index < -0.39 is 29.5 Å². The second-order valence-electron chi connectivity index (χ2n) is 8.09. The molecule has 0 saturated heterocycles. The molecular formula is C24H32N2O7. The van der Waals surface area contributed by atoms with Gasteiger partial charge in [0.25, 0.3) is 5.91 Å². The first-order valence-corrected chi connectivity index (χ1v) is 11.2. The number of benzene rings is 1. The maximum atomic E-state index is 12.1. The monoisotopic (exact) mass is 460 g/mol. The number of carboxylic acids is 1. The number of rotatable bonds is 12. The van der Waals surface area contributed by atoms with E-state index in [4.69, 9.17) is 9.15 Å². The molecule has 0 spiro atoms. The predicted molar refractivity (Wildman–Crippen MR) is 123 cm³/mol. The van der Waals surface area contributed by atoms with Crippen molar-refractivity contribution in [1.82, 2.24) is 10.6 Å². The second kappa shape index (κ2) is 12.0. The molecule has 1 aromatic carbocycles. The standard InChI is InChI=1S/C24H32N2O7/c1-5-7-8-16-11-21(29)33-23-15(4)18(10-9-17(16)23)32-13-20(28)25-12-19(27)26-22(24(30)31)14(3)6-2/h9-11,14,22H,5-8,12-13H2,1-4H3,(H,25,28)(H,26,27)(H,30,31)/t14-,22-/m1/s1. The molecular weight excluding hydrogens is 428 g/mol. The summed E-state index contributed by atoms with van der Waals surface area (Å²) in [4.78, 5) is 47.4. The second-order valence-corrected chi connectivity index (χ2v) is 8.09. The van der Waals surface area contributed by atoms with Crippen molar-refractivity contribution in [3.63, 3.8) is 0 Å². The van der Waals surface area contributed by atoms with E-state index in [0.29, 0.717) is 23.3 Å². The first kappa shape index (κ1) is 25.9. The highest BCUT2D eigenvalue weighted by atomic mass is 16.5. The number of ether oxygens (including phenoxy) is 1. The lowest BCUT2D eigenvalue weighted by Gasteiger charge is -2.20. The molecule has 0 radical (unpaired) electrons. The summed E-state index contributed by atoms with van der Waals surface area (Å²) < 4.78 is 11.0. The smallest absolute Gasteiger partial charge is 0.336 e. The lowest BCUT2D eigenvalue weighted by atomic mass is 9.99. The molecule has 1 heterocycles. The highest BCUT2D eigenvalue weighted by Gasteiger charge is 2.25. The summed E-state index contributed by atoms with van der Waals surface area (Å²) in [5.41, 5.74) is 1.51. The quantitative estimate of drug-likeness (QED) is 0.414. The molecule has 180 valence electrons. The fraction of sp³-hybridized carbons (Fsp3) is 0.500. The fourth-order valence-corrected chi connectivity index (χ4v) is 3.42. The van der Waals surface area contributed by atoms with Crippen molar-refractivity contribution < 1.29 is 28.6 Å². The molecule has 2 rings (SSSR count). The van der Waals surface area contributed by atoms with E-state index in [1.165, 1.54) is 6.07 Å². The van der Waals surface area contributed by atoms with E-state index in [9.17, 15) is 24.3 Å². The zero-order valence-electron chi connectivity index (χ0n) is 19.5. The summed E-state index contributed by atoms with van der Waals surface area (Å²) in [6.45, 7) is 6.66. The van der Waals surface area contributed by atoms with Crippen molar-refractivity contribution in [3.05, 3.63) is 39.7 Å². The molecule has 33 heavy (non-hydrogen) atoms. The van der Waals surface area contributed by atoms with Gasteiger partial charge in [-0.3, -0.25) is 9.59 Å². The van der Waals surface area contributed by atoms with E-state index in [-0.39, 0.29) is 19.1 Å². The van der Waals surface area contributed by atoms with Crippen LogP contribution in [0.1, 0.15) is 51.2 Å². The lowest BCUT2D eigenvalue weighted by molar-refractivity contribution is -0.143. The predicted octanol–water partition coefficient (Wildman–Crippen LogP) is 2.55. The van der Waals surface area contributed by atoms with Crippen LogP contribution >= 0.6 is 0 Å². The molecule has 2 amide bonds. The summed E-state index contributed by atoms with van der Waals surface area (Å²) in [6, 6.07) is 4.01. The minimum atomic E-state index is -1.12. The van der Waals surface area contributed by atoms with Gasteiger partial charge in [0.05, 0.1) is 6.54 Å². The van der Waals surface area contributed by atoms with E-state index >= 15 is 0 Å². The number of hydrogen-bond acceptors (Lipinski definition) is 6. The van der Waals surface area contributed by atoms with Gasteiger partial charge in [0.2, 0.25) is 5.91 Å². The van der Waals surface area contributed by atoms with E-state index in [0.717, 1.165) is 30.2 Å². The highest BCUT2D eigenvalue weighted by molar-refractivity contribution is 5.88. The first-order valence-electron chi connectivity index (χ1n) is 11.2. The largest absolute Gasteiger partial charge is 0.483 e. The van der Waals surface area contributed by atoms with Crippen LogP contribution in [0.3, 0.4) is 0 Å². The number of amides is 2. The molecule has 1 aromatic heterocycles. The van der Waals surface area contributed by atoms with Crippen molar-refractivity contribution in [2.24, 2.45) is 5.92 Å². The zero-order chi connectivity index (χ0) is 24.5. The van der Waals surface area contributed by atoms with Gasteiger partial charge in [-0.05, 0) is 43.4 Å². The van der Waals surface area contributed by atoms with Gasteiger partial charge in [0, 0.05) is 17.0 Å². The van der Waals surface area contributed by atoms with Crippen LogP contribution in [0.5, 0.6) is 5.75 Å². The molecule has 9 heteroatoms. The number of nitrogens with one attached hydrogen (secondary N) is 2. The first-order chi connectivity index (χ1) is 15.7. The Morgan fingerprint density at radius 1 is 1.18 bits per heavy atom. The van der Waals surface area contributed by atoms with E-state index in [2.05, 4.69) is 17.6 Å². The molecule has 9 nitrogen and oxygen atoms in total. The van der Waals surface area contributed by atoms with Gasteiger partial charge >= 0.3 is 11.6 Å². The van der Waals surface area contributed by atoms with Crippen molar-refractivity contribution in [1.29, 1.82) is 0 Å². The molecule has 0 fully saturated rings.